The third-order valence-electron chi connectivity index (χ3n) is 2.46. The lowest BCUT2D eigenvalue weighted by Gasteiger charge is -2.09. The summed E-state index contributed by atoms with van der Waals surface area (Å²) in [7, 11) is 1.46. The first-order valence-corrected chi connectivity index (χ1v) is 7.51. The van der Waals surface area contributed by atoms with E-state index in [9.17, 15) is 13.2 Å². The molecule has 0 bridgehead atoms. The summed E-state index contributed by atoms with van der Waals surface area (Å²) < 4.78 is 22.0. The number of anilines is 1. The van der Waals surface area contributed by atoms with E-state index in [1.54, 1.807) is 0 Å². The van der Waals surface area contributed by atoms with E-state index in [0.29, 0.717) is 5.69 Å². The van der Waals surface area contributed by atoms with Gasteiger partial charge in [-0.25, -0.2) is 8.42 Å². The minimum atomic E-state index is -3.71. The monoisotopic (exact) mass is 275 g/mol. The zero-order valence-corrected chi connectivity index (χ0v) is 11.2. The van der Waals surface area contributed by atoms with Gasteiger partial charge >= 0.3 is 0 Å². The van der Waals surface area contributed by atoms with Gasteiger partial charge in [0, 0.05) is 22.3 Å². The van der Waals surface area contributed by atoms with Gasteiger partial charge in [-0.2, -0.15) is 0 Å². The van der Waals surface area contributed by atoms with Crippen LogP contribution in [0.3, 0.4) is 0 Å². The molecule has 1 aromatic rings. The molecule has 1 amide bonds. The summed E-state index contributed by atoms with van der Waals surface area (Å²) >= 11 is 0. The summed E-state index contributed by atoms with van der Waals surface area (Å²) in [5.74, 6) is -0.166. The van der Waals surface area contributed by atoms with E-state index in [-0.39, 0.29) is 16.7 Å². The molecular formula is C11H14ClNO3S. The molecule has 0 saturated carbocycles. The fourth-order valence-corrected chi connectivity index (χ4v) is 1.92. The molecule has 0 saturated heterocycles. The number of hydrogen-bond donors (Lipinski definition) is 1. The first kappa shape index (κ1) is 14.0. The van der Waals surface area contributed by atoms with Crippen LogP contribution in [0.5, 0.6) is 0 Å². The standard InChI is InChI=1S/C11H14ClNO3S/c1-3-8(2)11(14)13-9-4-6-10(7-5-9)17(12,15)16/h4-8H,3H2,1-2H3,(H,13,14). The number of nitrogens with one attached hydrogen (secondary N) is 1. The molecule has 1 rings (SSSR count). The molecule has 0 radical (unpaired) electrons. The average Bonchev–Trinajstić information content (AvgIpc) is 2.27. The quantitative estimate of drug-likeness (QED) is 0.859. The summed E-state index contributed by atoms with van der Waals surface area (Å²) in [6.07, 6.45) is 0.750. The Bertz CT molecular complexity index is 496. The van der Waals surface area contributed by atoms with Crippen molar-refractivity contribution in [1.29, 1.82) is 0 Å². The summed E-state index contributed by atoms with van der Waals surface area (Å²) in [6, 6.07) is 5.73. The second-order valence-electron chi connectivity index (χ2n) is 3.76. The highest BCUT2D eigenvalue weighted by Crippen LogP contribution is 2.18. The molecule has 1 unspecified atom stereocenters. The van der Waals surface area contributed by atoms with Crippen LogP contribution in [0.15, 0.2) is 29.2 Å². The largest absolute Gasteiger partial charge is 0.326 e. The highest BCUT2D eigenvalue weighted by Gasteiger charge is 2.12. The molecule has 0 aromatic heterocycles. The van der Waals surface area contributed by atoms with Gasteiger partial charge in [0.1, 0.15) is 0 Å². The zero-order valence-electron chi connectivity index (χ0n) is 9.60. The van der Waals surface area contributed by atoms with Gasteiger partial charge in [-0.3, -0.25) is 4.79 Å². The molecule has 0 aliphatic heterocycles. The van der Waals surface area contributed by atoms with Gasteiger partial charge in [0.15, 0.2) is 0 Å². The second-order valence-corrected chi connectivity index (χ2v) is 6.33. The summed E-state index contributed by atoms with van der Waals surface area (Å²) in [5.41, 5.74) is 0.555. The molecule has 1 aromatic carbocycles. The van der Waals surface area contributed by atoms with Crippen LogP contribution < -0.4 is 5.32 Å². The lowest BCUT2D eigenvalue weighted by molar-refractivity contribution is -0.119. The van der Waals surface area contributed by atoms with Crippen LogP contribution in [0.2, 0.25) is 0 Å². The van der Waals surface area contributed by atoms with Crippen LogP contribution in [0, 0.1) is 5.92 Å². The van der Waals surface area contributed by atoms with Gasteiger partial charge in [-0.15, -0.1) is 0 Å². The SMILES string of the molecule is CCC(C)C(=O)Nc1ccc(S(=O)(=O)Cl)cc1. The smallest absolute Gasteiger partial charge is 0.261 e. The molecule has 17 heavy (non-hydrogen) atoms. The van der Waals surface area contributed by atoms with E-state index in [0.717, 1.165) is 6.42 Å². The number of benzene rings is 1. The number of rotatable bonds is 4. The van der Waals surface area contributed by atoms with Crippen LogP contribution >= 0.6 is 10.7 Å². The van der Waals surface area contributed by atoms with Crippen LogP contribution in [0.1, 0.15) is 20.3 Å². The lowest BCUT2D eigenvalue weighted by atomic mass is 10.1. The Balaban J connectivity index is 2.79. The lowest BCUT2D eigenvalue weighted by Crippen LogP contribution is -2.19. The number of amides is 1. The number of carbonyl (C=O) groups excluding carboxylic acids is 1. The van der Waals surface area contributed by atoms with Crippen molar-refractivity contribution in [2.45, 2.75) is 25.2 Å². The minimum Gasteiger partial charge on any atom is -0.326 e. The predicted molar refractivity (Wildman–Crippen MR) is 67.6 cm³/mol. The Kier molecular flexibility index (Phi) is 4.54. The molecule has 0 aliphatic rings. The van der Waals surface area contributed by atoms with Gasteiger partial charge in [0.2, 0.25) is 5.91 Å². The minimum absolute atomic E-state index is 0.0145. The molecule has 1 N–H and O–H groups in total. The van der Waals surface area contributed by atoms with Crippen molar-refractivity contribution >= 4 is 31.3 Å². The van der Waals surface area contributed by atoms with E-state index in [2.05, 4.69) is 5.32 Å². The average molecular weight is 276 g/mol. The maximum absolute atomic E-state index is 11.6. The summed E-state index contributed by atoms with van der Waals surface area (Å²) in [6.45, 7) is 3.75. The van der Waals surface area contributed by atoms with Gasteiger partial charge in [0.25, 0.3) is 9.05 Å². The van der Waals surface area contributed by atoms with Gasteiger partial charge < -0.3 is 5.32 Å². The highest BCUT2D eigenvalue weighted by molar-refractivity contribution is 8.13. The van der Waals surface area contributed by atoms with Crippen molar-refractivity contribution in [3.63, 3.8) is 0 Å². The van der Waals surface area contributed by atoms with Crippen LogP contribution in [0.25, 0.3) is 0 Å². The van der Waals surface area contributed by atoms with E-state index in [1.165, 1.54) is 24.3 Å². The molecule has 94 valence electrons. The Hall–Kier alpha value is -1.07. The van der Waals surface area contributed by atoms with Crippen molar-refractivity contribution in [2.24, 2.45) is 5.92 Å². The Labute approximate surface area is 105 Å². The van der Waals surface area contributed by atoms with E-state index < -0.39 is 9.05 Å². The fourth-order valence-electron chi connectivity index (χ4n) is 1.15. The first-order valence-electron chi connectivity index (χ1n) is 5.20. The first-order chi connectivity index (χ1) is 7.84. The molecular weight excluding hydrogens is 262 g/mol. The van der Waals surface area contributed by atoms with Crippen LogP contribution in [-0.2, 0) is 13.8 Å². The Morgan fingerprint density at radius 2 is 1.88 bits per heavy atom. The van der Waals surface area contributed by atoms with Gasteiger partial charge in [0.05, 0.1) is 4.90 Å². The van der Waals surface area contributed by atoms with Crippen molar-refractivity contribution in [2.75, 3.05) is 5.32 Å². The summed E-state index contributed by atoms with van der Waals surface area (Å²) in [4.78, 5) is 11.6. The topological polar surface area (TPSA) is 63.2 Å². The predicted octanol–water partition coefficient (Wildman–Crippen LogP) is 2.60. The van der Waals surface area contributed by atoms with Crippen molar-refractivity contribution in [1.82, 2.24) is 0 Å². The number of halogens is 1. The fraction of sp³-hybridized carbons (Fsp3) is 0.364. The Morgan fingerprint density at radius 1 is 1.35 bits per heavy atom. The third-order valence-corrected chi connectivity index (χ3v) is 3.83. The summed E-state index contributed by atoms with van der Waals surface area (Å²) in [5, 5.41) is 2.69. The van der Waals surface area contributed by atoms with Crippen molar-refractivity contribution < 1.29 is 13.2 Å². The maximum atomic E-state index is 11.6. The molecule has 0 fully saturated rings. The zero-order chi connectivity index (χ0) is 13.1. The molecule has 1 atom stereocenters. The normalized spacial score (nSPS) is 13.1. The van der Waals surface area contributed by atoms with E-state index >= 15 is 0 Å². The molecule has 0 spiro atoms. The van der Waals surface area contributed by atoms with Gasteiger partial charge in [-0.05, 0) is 30.7 Å². The third kappa shape index (κ3) is 4.02. The molecule has 0 heterocycles. The van der Waals surface area contributed by atoms with Crippen LogP contribution in [0.4, 0.5) is 5.69 Å². The second kappa shape index (κ2) is 5.51. The van der Waals surface area contributed by atoms with Gasteiger partial charge in [-0.1, -0.05) is 13.8 Å². The molecule has 0 aliphatic carbocycles. The van der Waals surface area contributed by atoms with Crippen molar-refractivity contribution in [3.05, 3.63) is 24.3 Å². The molecule has 6 heteroatoms. The van der Waals surface area contributed by atoms with E-state index in [1.807, 2.05) is 13.8 Å². The van der Waals surface area contributed by atoms with Crippen LogP contribution in [-0.4, -0.2) is 14.3 Å². The number of hydrogen-bond acceptors (Lipinski definition) is 3. The van der Waals surface area contributed by atoms with Crippen molar-refractivity contribution in [3.8, 4) is 0 Å². The van der Waals surface area contributed by atoms with E-state index in [4.69, 9.17) is 10.7 Å². The highest BCUT2D eigenvalue weighted by atomic mass is 35.7. The maximum Gasteiger partial charge on any atom is 0.261 e. The Morgan fingerprint density at radius 3 is 2.29 bits per heavy atom. The molecule has 4 nitrogen and oxygen atoms in total. The number of carbonyl (C=O) groups is 1.